The molecule has 0 saturated carbocycles. The number of alkyl halides is 1. The van der Waals surface area contributed by atoms with Gasteiger partial charge in [0.25, 0.3) is 10.1 Å². The normalized spacial score (nSPS) is 25.0. The Morgan fingerprint density at radius 2 is 2.29 bits per heavy atom. The Balaban J connectivity index is 1.98. The van der Waals surface area contributed by atoms with Crippen LogP contribution in [0.4, 0.5) is 10.4 Å². The molecule has 2 rings (SSSR count). The van der Waals surface area contributed by atoms with Gasteiger partial charge in [-0.05, 0) is 13.3 Å². The zero-order valence-electron chi connectivity index (χ0n) is 12.3. The van der Waals surface area contributed by atoms with E-state index in [1.807, 2.05) is 6.92 Å². The smallest absolute Gasteiger partial charge is 0.321 e. The minimum atomic E-state index is -3.58. The van der Waals surface area contributed by atoms with E-state index in [9.17, 15) is 12.8 Å². The van der Waals surface area contributed by atoms with Crippen molar-refractivity contribution in [2.45, 2.75) is 39.0 Å². The summed E-state index contributed by atoms with van der Waals surface area (Å²) in [6.45, 7) is 4.10. The molecule has 0 N–H and O–H groups in total. The highest BCUT2D eigenvalue weighted by atomic mass is 32.2. The number of anilines is 1. The molecule has 1 aromatic rings. The molecule has 7 nitrogen and oxygen atoms in total. The van der Waals surface area contributed by atoms with Gasteiger partial charge in [-0.25, -0.2) is 4.39 Å². The fraction of sp³-hybridized carbons (Fsp3) is 0.833. The van der Waals surface area contributed by atoms with Crippen molar-refractivity contribution in [2.75, 3.05) is 24.2 Å². The summed E-state index contributed by atoms with van der Waals surface area (Å²) in [5, 5.41) is 3.78. The first-order chi connectivity index (χ1) is 9.80. The molecule has 0 radical (unpaired) electrons. The summed E-state index contributed by atoms with van der Waals surface area (Å²) in [6.07, 6.45) is 0.176. The third-order valence-corrected chi connectivity index (χ3v) is 4.22. The largest absolute Gasteiger partial charge is 0.324 e. The zero-order valence-corrected chi connectivity index (χ0v) is 13.1. The predicted molar refractivity (Wildman–Crippen MR) is 74.3 cm³/mol. The van der Waals surface area contributed by atoms with Gasteiger partial charge < -0.3 is 9.42 Å². The van der Waals surface area contributed by atoms with E-state index >= 15 is 0 Å². The molecular formula is C12H20FN3O4S. The molecule has 1 saturated heterocycles. The number of nitrogens with zero attached hydrogens (tertiary/aromatic N) is 3. The minimum absolute atomic E-state index is 0.0908. The highest BCUT2D eigenvalue weighted by Gasteiger charge is 2.36. The lowest BCUT2D eigenvalue weighted by Gasteiger charge is -2.35. The lowest BCUT2D eigenvalue weighted by Crippen LogP contribution is -2.46. The van der Waals surface area contributed by atoms with Crippen LogP contribution < -0.4 is 4.90 Å². The maximum atomic E-state index is 14.3. The van der Waals surface area contributed by atoms with Gasteiger partial charge in [0.15, 0.2) is 5.82 Å². The van der Waals surface area contributed by atoms with Crippen LogP contribution in [0.2, 0.25) is 0 Å². The summed E-state index contributed by atoms with van der Waals surface area (Å²) in [6, 6.07) is 0.310. The van der Waals surface area contributed by atoms with Crippen molar-refractivity contribution in [1.29, 1.82) is 0 Å². The van der Waals surface area contributed by atoms with Crippen molar-refractivity contribution in [3.63, 3.8) is 0 Å². The molecule has 1 unspecified atom stereocenters. The maximum absolute atomic E-state index is 14.3. The maximum Gasteiger partial charge on any atom is 0.324 e. The average molecular weight is 321 g/mol. The molecule has 120 valence electrons. The lowest BCUT2D eigenvalue weighted by atomic mass is 9.90. The molecule has 3 atom stereocenters. The monoisotopic (exact) mass is 321 g/mol. The molecule has 2 heterocycles. The van der Waals surface area contributed by atoms with Crippen molar-refractivity contribution in [3.8, 4) is 0 Å². The molecule has 0 aromatic carbocycles. The van der Waals surface area contributed by atoms with Crippen molar-refractivity contribution in [2.24, 2.45) is 5.92 Å². The SMILES string of the molecule is CCc1noc(N2CCC([C@@H](C)OS(C)(=O)=O)[C@H](F)C2)n1. The van der Waals surface area contributed by atoms with Gasteiger partial charge in [0, 0.05) is 18.9 Å². The number of halogens is 1. The number of hydrogen-bond donors (Lipinski definition) is 0. The molecular weight excluding hydrogens is 301 g/mol. The van der Waals surface area contributed by atoms with Gasteiger partial charge in [-0.1, -0.05) is 12.1 Å². The minimum Gasteiger partial charge on any atom is -0.321 e. The number of aromatic nitrogens is 2. The van der Waals surface area contributed by atoms with Crippen LogP contribution in [0.25, 0.3) is 0 Å². The quantitative estimate of drug-likeness (QED) is 0.752. The highest BCUT2D eigenvalue weighted by molar-refractivity contribution is 7.86. The number of hydrogen-bond acceptors (Lipinski definition) is 7. The average Bonchev–Trinajstić information content (AvgIpc) is 2.85. The molecule has 0 amide bonds. The molecule has 1 fully saturated rings. The van der Waals surface area contributed by atoms with E-state index in [0.29, 0.717) is 31.2 Å². The van der Waals surface area contributed by atoms with Crippen LogP contribution in [0.15, 0.2) is 4.52 Å². The van der Waals surface area contributed by atoms with Crippen LogP contribution in [0.3, 0.4) is 0 Å². The summed E-state index contributed by atoms with van der Waals surface area (Å²) in [4.78, 5) is 5.85. The second-order valence-corrected chi connectivity index (χ2v) is 6.87. The molecule has 1 aliphatic heterocycles. The summed E-state index contributed by atoms with van der Waals surface area (Å²) in [5.41, 5.74) is 0. The van der Waals surface area contributed by atoms with E-state index in [4.69, 9.17) is 8.71 Å². The van der Waals surface area contributed by atoms with E-state index in [1.54, 1.807) is 11.8 Å². The van der Waals surface area contributed by atoms with Crippen molar-refractivity contribution in [3.05, 3.63) is 5.82 Å². The Bertz CT molecular complexity index is 577. The van der Waals surface area contributed by atoms with E-state index in [0.717, 1.165) is 6.26 Å². The molecule has 0 bridgehead atoms. The van der Waals surface area contributed by atoms with Gasteiger partial charge >= 0.3 is 6.01 Å². The standard InChI is InChI=1S/C12H20FN3O4S/c1-4-11-14-12(19-15-11)16-6-5-9(10(13)7-16)8(2)20-21(3,17)18/h8-10H,4-7H2,1-3H3/t8-,9?,10-/m1/s1. The fourth-order valence-electron chi connectivity index (χ4n) is 2.49. The Labute approximate surface area is 123 Å². The van der Waals surface area contributed by atoms with Gasteiger partial charge in [0.2, 0.25) is 0 Å². The molecule has 0 aliphatic carbocycles. The predicted octanol–water partition coefficient (Wildman–Crippen LogP) is 1.16. The molecule has 9 heteroatoms. The molecule has 1 aliphatic rings. The third kappa shape index (κ3) is 4.13. The Hall–Kier alpha value is -1.22. The summed E-state index contributed by atoms with van der Waals surface area (Å²) < 4.78 is 46.5. The van der Waals surface area contributed by atoms with Crippen LogP contribution >= 0.6 is 0 Å². The van der Waals surface area contributed by atoms with Gasteiger partial charge in [-0.15, -0.1) is 0 Å². The van der Waals surface area contributed by atoms with Crippen LogP contribution in [0, 0.1) is 5.92 Å². The number of piperidine rings is 1. The first-order valence-corrected chi connectivity index (χ1v) is 8.71. The topological polar surface area (TPSA) is 85.5 Å². The van der Waals surface area contributed by atoms with Crippen LogP contribution in [-0.4, -0.2) is 50.2 Å². The number of rotatable bonds is 5. The van der Waals surface area contributed by atoms with Crippen molar-refractivity contribution < 1.29 is 21.5 Å². The third-order valence-electron chi connectivity index (χ3n) is 3.57. The van der Waals surface area contributed by atoms with E-state index in [2.05, 4.69) is 10.1 Å². The summed E-state index contributed by atoms with van der Waals surface area (Å²) in [7, 11) is -3.58. The van der Waals surface area contributed by atoms with Gasteiger partial charge in [0.05, 0.1) is 18.9 Å². The lowest BCUT2D eigenvalue weighted by molar-refractivity contribution is 0.0759. The molecule has 21 heavy (non-hydrogen) atoms. The van der Waals surface area contributed by atoms with Gasteiger partial charge in [-0.2, -0.15) is 13.4 Å². The van der Waals surface area contributed by atoms with Crippen molar-refractivity contribution in [1.82, 2.24) is 10.1 Å². The Morgan fingerprint density at radius 3 is 2.81 bits per heavy atom. The summed E-state index contributed by atoms with van der Waals surface area (Å²) in [5.74, 6) is 0.112. The number of aryl methyl sites for hydroxylation is 1. The molecule has 1 aromatic heterocycles. The Morgan fingerprint density at radius 1 is 1.57 bits per heavy atom. The van der Waals surface area contributed by atoms with Gasteiger partial charge in [-0.3, -0.25) is 4.18 Å². The highest BCUT2D eigenvalue weighted by Crippen LogP contribution is 2.28. The van der Waals surface area contributed by atoms with Crippen LogP contribution in [0.1, 0.15) is 26.1 Å². The second-order valence-electron chi connectivity index (χ2n) is 5.27. The van der Waals surface area contributed by atoms with Crippen molar-refractivity contribution >= 4 is 16.1 Å². The van der Waals surface area contributed by atoms with Crippen LogP contribution in [-0.2, 0) is 20.7 Å². The van der Waals surface area contributed by atoms with E-state index < -0.39 is 28.3 Å². The zero-order chi connectivity index (χ0) is 15.6. The van der Waals surface area contributed by atoms with Gasteiger partial charge in [0.1, 0.15) is 6.17 Å². The first-order valence-electron chi connectivity index (χ1n) is 6.90. The Kier molecular flexibility index (Phi) is 4.82. The van der Waals surface area contributed by atoms with E-state index in [1.165, 1.54) is 0 Å². The first kappa shape index (κ1) is 16.2. The second kappa shape index (κ2) is 6.27. The van der Waals surface area contributed by atoms with E-state index in [-0.39, 0.29) is 6.54 Å². The molecule has 0 spiro atoms. The summed E-state index contributed by atoms with van der Waals surface area (Å²) >= 11 is 0. The fourth-order valence-corrected chi connectivity index (χ4v) is 3.18. The van der Waals surface area contributed by atoms with Crippen LogP contribution in [0.5, 0.6) is 0 Å².